The molecule has 0 heterocycles. The first-order valence-corrected chi connectivity index (χ1v) is 6.05. The highest BCUT2D eigenvalue weighted by molar-refractivity contribution is 5.81. The fourth-order valence-corrected chi connectivity index (χ4v) is 1.90. The molecule has 3 heteroatoms. The molecule has 0 aliphatic rings. The first-order chi connectivity index (χ1) is 8.21. The Balaban J connectivity index is 3.13. The maximum absolute atomic E-state index is 11.4. The molecule has 1 aromatic carbocycles. The SMILES string of the molecule is COCC(C)(C(=O)O)c1ccc(C(C)(C)C)cc1. The standard InChI is InChI=1S/C15H22O3/c1-14(2,3)11-6-8-12(9-7-11)15(4,10-18-5)13(16)17/h6-9H,10H2,1-5H3,(H,16,17). The molecule has 0 fully saturated rings. The highest BCUT2D eigenvalue weighted by atomic mass is 16.5. The Morgan fingerprint density at radius 2 is 1.56 bits per heavy atom. The normalized spacial score (nSPS) is 15.2. The monoisotopic (exact) mass is 250 g/mol. The summed E-state index contributed by atoms with van der Waals surface area (Å²) in [6.07, 6.45) is 0. The Morgan fingerprint density at radius 3 is 1.89 bits per heavy atom. The molecular formula is C15H22O3. The molecule has 100 valence electrons. The van der Waals surface area contributed by atoms with E-state index in [0.29, 0.717) is 0 Å². The molecule has 1 atom stereocenters. The van der Waals surface area contributed by atoms with Crippen molar-refractivity contribution in [2.24, 2.45) is 0 Å². The lowest BCUT2D eigenvalue weighted by Gasteiger charge is -2.26. The van der Waals surface area contributed by atoms with E-state index in [9.17, 15) is 9.90 Å². The van der Waals surface area contributed by atoms with Crippen LogP contribution < -0.4 is 0 Å². The second kappa shape index (κ2) is 5.11. The van der Waals surface area contributed by atoms with Crippen molar-refractivity contribution in [3.05, 3.63) is 35.4 Å². The van der Waals surface area contributed by atoms with E-state index >= 15 is 0 Å². The van der Waals surface area contributed by atoms with E-state index in [2.05, 4.69) is 20.8 Å². The van der Waals surface area contributed by atoms with Crippen molar-refractivity contribution in [2.45, 2.75) is 38.5 Å². The van der Waals surface area contributed by atoms with E-state index in [1.165, 1.54) is 12.7 Å². The van der Waals surface area contributed by atoms with Crippen LogP contribution in [0.3, 0.4) is 0 Å². The molecule has 0 amide bonds. The van der Waals surface area contributed by atoms with Crippen LogP contribution in [0.4, 0.5) is 0 Å². The number of carboxylic acids is 1. The summed E-state index contributed by atoms with van der Waals surface area (Å²) in [6, 6.07) is 7.75. The minimum Gasteiger partial charge on any atom is -0.481 e. The Labute approximate surface area is 109 Å². The van der Waals surface area contributed by atoms with Gasteiger partial charge in [0.2, 0.25) is 0 Å². The van der Waals surface area contributed by atoms with Crippen LogP contribution in [-0.4, -0.2) is 24.8 Å². The molecule has 1 N–H and O–H groups in total. The fraction of sp³-hybridized carbons (Fsp3) is 0.533. The summed E-state index contributed by atoms with van der Waals surface area (Å²) in [5.74, 6) is -0.868. The van der Waals surface area contributed by atoms with Gasteiger partial charge in [0.1, 0.15) is 5.41 Å². The summed E-state index contributed by atoms with van der Waals surface area (Å²) in [5.41, 5.74) is 1.03. The van der Waals surface area contributed by atoms with Gasteiger partial charge in [-0.15, -0.1) is 0 Å². The van der Waals surface area contributed by atoms with Gasteiger partial charge in [0.15, 0.2) is 0 Å². The lowest BCUT2D eigenvalue weighted by molar-refractivity contribution is -0.145. The molecule has 0 aliphatic carbocycles. The minimum atomic E-state index is -0.995. The third kappa shape index (κ3) is 2.91. The average molecular weight is 250 g/mol. The van der Waals surface area contributed by atoms with E-state index in [-0.39, 0.29) is 12.0 Å². The Kier molecular flexibility index (Phi) is 4.17. The zero-order valence-electron chi connectivity index (χ0n) is 11.8. The molecule has 0 bridgehead atoms. The van der Waals surface area contributed by atoms with Crippen LogP contribution in [0.5, 0.6) is 0 Å². The van der Waals surface area contributed by atoms with Gasteiger partial charge in [0.25, 0.3) is 0 Å². The van der Waals surface area contributed by atoms with Crippen molar-refractivity contribution in [1.29, 1.82) is 0 Å². The number of hydrogen-bond acceptors (Lipinski definition) is 2. The largest absolute Gasteiger partial charge is 0.481 e. The van der Waals surface area contributed by atoms with Gasteiger partial charge in [-0.1, -0.05) is 45.0 Å². The molecule has 18 heavy (non-hydrogen) atoms. The third-order valence-corrected chi connectivity index (χ3v) is 3.29. The third-order valence-electron chi connectivity index (χ3n) is 3.29. The second-order valence-corrected chi connectivity index (χ2v) is 5.90. The van der Waals surface area contributed by atoms with E-state index in [0.717, 1.165) is 5.56 Å². The number of carbonyl (C=O) groups is 1. The quantitative estimate of drug-likeness (QED) is 0.893. The Morgan fingerprint density at radius 1 is 1.11 bits per heavy atom. The number of rotatable bonds is 4. The van der Waals surface area contributed by atoms with E-state index < -0.39 is 11.4 Å². The van der Waals surface area contributed by atoms with Crippen LogP contribution >= 0.6 is 0 Å². The summed E-state index contributed by atoms with van der Waals surface area (Å²) in [4.78, 5) is 11.4. The smallest absolute Gasteiger partial charge is 0.316 e. The second-order valence-electron chi connectivity index (χ2n) is 5.90. The number of carboxylic acid groups (broad SMARTS) is 1. The van der Waals surface area contributed by atoms with E-state index in [1.54, 1.807) is 6.92 Å². The van der Waals surface area contributed by atoms with Crippen molar-refractivity contribution >= 4 is 5.97 Å². The van der Waals surface area contributed by atoms with Crippen LogP contribution in [0.2, 0.25) is 0 Å². The first-order valence-electron chi connectivity index (χ1n) is 6.05. The molecule has 3 nitrogen and oxygen atoms in total. The predicted octanol–water partition coefficient (Wildman–Crippen LogP) is 2.97. The summed E-state index contributed by atoms with van der Waals surface area (Å²) in [5, 5.41) is 9.37. The predicted molar refractivity (Wildman–Crippen MR) is 72.0 cm³/mol. The van der Waals surface area contributed by atoms with Crippen molar-refractivity contribution in [1.82, 2.24) is 0 Å². The molecule has 0 saturated heterocycles. The van der Waals surface area contributed by atoms with E-state index in [4.69, 9.17) is 4.74 Å². The van der Waals surface area contributed by atoms with Gasteiger partial charge in [-0.05, 0) is 23.5 Å². The topological polar surface area (TPSA) is 46.5 Å². The molecular weight excluding hydrogens is 228 g/mol. The molecule has 1 rings (SSSR count). The summed E-state index contributed by atoms with van der Waals surface area (Å²) < 4.78 is 5.04. The van der Waals surface area contributed by atoms with E-state index in [1.807, 2.05) is 24.3 Å². The van der Waals surface area contributed by atoms with Crippen LogP contribution in [0.25, 0.3) is 0 Å². The molecule has 0 aromatic heterocycles. The van der Waals surface area contributed by atoms with Crippen molar-refractivity contribution < 1.29 is 14.6 Å². The van der Waals surface area contributed by atoms with Crippen LogP contribution in [0.1, 0.15) is 38.8 Å². The van der Waals surface area contributed by atoms with Gasteiger partial charge in [-0.25, -0.2) is 0 Å². The zero-order chi connectivity index (χ0) is 14.0. The van der Waals surface area contributed by atoms with Gasteiger partial charge in [-0.3, -0.25) is 4.79 Å². The summed E-state index contributed by atoms with van der Waals surface area (Å²) in [6.45, 7) is 8.25. The lowest BCUT2D eigenvalue weighted by Crippen LogP contribution is -2.37. The molecule has 1 unspecified atom stereocenters. The average Bonchev–Trinajstić information content (AvgIpc) is 2.28. The van der Waals surface area contributed by atoms with Gasteiger partial charge in [-0.2, -0.15) is 0 Å². The molecule has 0 radical (unpaired) electrons. The number of benzene rings is 1. The minimum absolute atomic E-state index is 0.0689. The number of aliphatic carboxylic acids is 1. The van der Waals surface area contributed by atoms with Gasteiger partial charge in [0.05, 0.1) is 6.61 Å². The van der Waals surface area contributed by atoms with Gasteiger partial charge in [0, 0.05) is 7.11 Å². The summed E-state index contributed by atoms with van der Waals surface area (Å²) in [7, 11) is 1.52. The number of ether oxygens (including phenoxy) is 1. The Bertz CT molecular complexity index is 414. The number of hydrogen-bond donors (Lipinski definition) is 1. The molecule has 0 saturated carbocycles. The van der Waals surface area contributed by atoms with Crippen molar-refractivity contribution in [2.75, 3.05) is 13.7 Å². The maximum Gasteiger partial charge on any atom is 0.316 e. The molecule has 0 aliphatic heterocycles. The highest BCUT2D eigenvalue weighted by Gasteiger charge is 2.35. The molecule has 1 aromatic rings. The van der Waals surface area contributed by atoms with Crippen LogP contribution in [-0.2, 0) is 20.4 Å². The van der Waals surface area contributed by atoms with Crippen LogP contribution in [0.15, 0.2) is 24.3 Å². The van der Waals surface area contributed by atoms with Crippen LogP contribution in [0, 0.1) is 0 Å². The summed E-state index contributed by atoms with van der Waals surface area (Å²) >= 11 is 0. The number of methoxy groups -OCH3 is 1. The first kappa shape index (κ1) is 14.7. The molecule has 0 spiro atoms. The van der Waals surface area contributed by atoms with Gasteiger partial charge < -0.3 is 9.84 Å². The van der Waals surface area contributed by atoms with Crippen molar-refractivity contribution in [3.8, 4) is 0 Å². The van der Waals surface area contributed by atoms with Crippen molar-refractivity contribution in [3.63, 3.8) is 0 Å². The fourth-order valence-electron chi connectivity index (χ4n) is 1.90. The Hall–Kier alpha value is -1.35. The lowest BCUT2D eigenvalue weighted by atomic mass is 9.80. The highest BCUT2D eigenvalue weighted by Crippen LogP contribution is 2.28. The zero-order valence-corrected chi connectivity index (χ0v) is 11.8. The van der Waals surface area contributed by atoms with Gasteiger partial charge >= 0.3 is 5.97 Å². The maximum atomic E-state index is 11.4.